The van der Waals surface area contributed by atoms with Crippen LogP contribution in [-0.2, 0) is 46.8 Å². The number of hydrogen-bond donors (Lipinski definition) is 3. The van der Waals surface area contributed by atoms with E-state index in [1.807, 2.05) is 18.2 Å². The molecule has 1 aromatic heterocycles. The molecule has 40 heteroatoms. The fraction of sp³-hybridized carbons (Fsp3) is 0.404. The summed E-state index contributed by atoms with van der Waals surface area (Å²) < 4.78 is 131. The smallest absolute Gasteiger partial charge is 0.394 e. The van der Waals surface area contributed by atoms with Crippen molar-refractivity contribution in [3.63, 3.8) is 0 Å². The van der Waals surface area contributed by atoms with Gasteiger partial charge in [-0.05, 0) is 116 Å². The number of aromatic nitrogens is 1. The van der Waals surface area contributed by atoms with Crippen LogP contribution in [0.25, 0.3) is 0 Å². The minimum atomic E-state index is -3.11. The van der Waals surface area contributed by atoms with Crippen molar-refractivity contribution in [2.24, 2.45) is 21.8 Å². The number of nitrogens with zero attached hydrogens (tertiary/aromatic N) is 4. The molecule has 0 saturated carbocycles. The van der Waals surface area contributed by atoms with Gasteiger partial charge in [0.1, 0.15) is 60.1 Å². The molecule has 16 nitrogen and oxygen atoms in total. The number of rotatable bonds is 14. The normalized spacial score (nSPS) is 21.3. The number of aldehydes is 1. The van der Waals surface area contributed by atoms with Crippen molar-refractivity contribution in [1.29, 1.82) is 0 Å². The molecule has 2 amide bonds. The second-order valence-corrected chi connectivity index (χ2v) is 72.6. The Kier molecular flexibility index (Phi) is 48.3. The van der Waals surface area contributed by atoms with Crippen LogP contribution in [0.4, 0.5) is 26.3 Å². The number of ether oxygens (including phenoxy) is 2. The Morgan fingerprint density at radius 3 is 1.27 bits per heavy atom. The van der Waals surface area contributed by atoms with E-state index >= 15 is 0 Å². The predicted molar refractivity (Wildman–Crippen MR) is 432 cm³/mol. The van der Waals surface area contributed by atoms with Gasteiger partial charge in [0.05, 0.1) is 25.9 Å². The maximum atomic E-state index is 14.9. The van der Waals surface area contributed by atoms with Gasteiger partial charge >= 0.3 is 10.6 Å². The Balaban J connectivity index is 0.000000445. The molecule has 2 saturated heterocycles. The highest BCUT2D eigenvalue weighted by molar-refractivity contribution is 9.06. The van der Waals surface area contributed by atoms with Crippen LogP contribution in [0.15, 0.2) is 138 Å². The molecule has 4 aliphatic heterocycles. The molecule has 0 aliphatic carbocycles. The van der Waals surface area contributed by atoms with Crippen molar-refractivity contribution in [3.05, 3.63) is 173 Å². The summed E-state index contributed by atoms with van der Waals surface area (Å²) >= 11 is 2.09. The molecule has 538 valence electrons. The van der Waals surface area contributed by atoms with Crippen molar-refractivity contribution in [2.75, 3.05) is 65.3 Å². The lowest BCUT2D eigenvalue weighted by Crippen LogP contribution is -2.55. The number of amides is 2. The SMILES string of the molecule is CCN(CC)CC.CS(C)=O.O=C(NC1=N[C@@]2(c3ccc(F)cc3F)CO[C@@H](CO)C[C@H]2[C@@H](CF)S1)c1ccccc1.O=C[C@H]1C[C@H]2[C@@H](CF)SC(NC(=O)c3ccccc3)=N[C@@]2(c2ccc(F)cc2F)CO1.O=S(=O)=O.PP(P)P(P)P.PP(P)P(P)P(P)P.c1ccncc1. The number of nitrogens with one attached hydrogen (secondary N) is 2. The van der Waals surface area contributed by atoms with Gasteiger partial charge in [0.2, 0.25) is 0 Å². The molecular formula is C57H84F6N6O10P14S4. The topological polar surface area (TPSA) is 223 Å². The molecule has 0 radical (unpaired) electrons. The van der Waals surface area contributed by atoms with E-state index in [1.54, 1.807) is 85.6 Å². The molecule has 17 atom stereocenters. The molecule has 5 heterocycles. The molecule has 3 N–H and O–H groups in total. The highest BCUT2D eigenvalue weighted by Crippen LogP contribution is 3.00. The number of halogens is 6. The molecule has 9 unspecified atom stereocenters. The second-order valence-electron chi connectivity index (χ2n) is 20.4. The zero-order chi connectivity index (χ0) is 73.0. The second kappa shape index (κ2) is 50.4. The first-order valence-electron chi connectivity index (χ1n) is 28.8. The average molecular weight is 1690 g/mol. The average Bonchev–Trinajstić information content (AvgIpc) is 0.743. The van der Waals surface area contributed by atoms with E-state index in [1.165, 1.54) is 31.8 Å². The van der Waals surface area contributed by atoms with E-state index in [2.05, 4.69) is 132 Å². The standard InChI is InChI=1S/C22H21F3N2O3S.C22H19F3N2O3S.C6H15N.C5H5N.C2H6OS.O3S.H10P8.H8P6/c2*23-10-19-17-9-15(11-28)30-12-22(17,16-7-6-14(24)8-18(16)25)27-21(31-19)26-20(29)13-4-2-1-3-5-13;1-4-7(5-2)6-3;1-2-4-6-5-3-1;2*1-4(2)3;1-6(2)8(5)7(3)4;1-5(2)6(3)4/h1-8,15,17,19,28H,9-12H2,(H,26,27,29);1-8,11,15,17,19H,9-10,12H2,(H,26,27,29);4-6H2,1-3H3;1-5H;1-2H3;;1-5H2;1-4H2/t2*15-,17+,19-,22-;;;;;;/m11....../s1. The number of aliphatic imine (C=N–C) groups is 2. The van der Waals surface area contributed by atoms with Crippen LogP contribution in [0.2, 0.25) is 0 Å². The number of amidine groups is 2. The van der Waals surface area contributed by atoms with Crippen molar-refractivity contribution in [3.8, 4) is 0 Å². The lowest BCUT2D eigenvalue weighted by molar-refractivity contribution is -0.128. The Morgan fingerprint density at radius 1 is 0.619 bits per heavy atom. The van der Waals surface area contributed by atoms with Gasteiger partial charge in [-0.1, -0.05) is 98.9 Å². The number of carbonyl (C=O) groups excluding carboxylic acids is 3. The van der Waals surface area contributed by atoms with Gasteiger partial charge in [-0.2, -0.15) is 0 Å². The Hall–Kier alpha value is -0.110. The van der Waals surface area contributed by atoms with Crippen LogP contribution in [0.3, 0.4) is 0 Å². The number of aliphatic hydroxyl groups excluding tert-OH is 1. The van der Waals surface area contributed by atoms with Gasteiger partial charge < -0.3 is 34.9 Å². The molecule has 0 spiro atoms. The van der Waals surface area contributed by atoms with Crippen molar-refractivity contribution in [1.82, 2.24) is 20.5 Å². The Bertz CT molecular complexity index is 3330. The third-order valence-corrected chi connectivity index (χ3v) is 75.5. The van der Waals surface area contributed by atoms with E-state index in [4.69, 9.17) is 22.1 Å². The summed E-state index contributed by atoms with van der Waals surface area (Å²) in [7, 11) is 21.8. The number of aliphatic hydroxyl groups is 1. The van der Waals surface area contributed by atoms with Gasteiger partial charge in [-0.25, -0.2) is 36.3 Å². The van der Waals surface area contributed by atoms with Crippen LogP contribution >= 0.6 is 139 Å². The van der Waals surface area contributed by atoms with Gasteiger partial charge in [0.15, 0.2) is 10.3 Å². The van der Waals surface area contributed by atoms with Crippen LogP contribution in [0.5, 0.6) is 0 Å². The summed E-state index contributed by atoms with van der Waals surface area (Å²) in [5.41, 5.74) is -1.88. The van der Waals surface area contributed by atoms with Gasteiger partial charge in [0, 0.05) is 92.4 Å². The first kappa shape index (κ1) is 93.0. The number of carbonyl (C=O) groups is 3. The quantitative estimate of drug-likeness (QED) is 0.0535. The van der Waals surface area contributed by atoms with Crippen LogP contribution in [-0.4, -0.2) is 148 Å². The van der Waals surface area contributed by atoms with Gasteiger partial charge in [-0.15, -0.1) is 93.0 Å². The maximum Gasteiger partial charge on any atom is 0.425 e. The summed E-state index contributed by atoms with van der Waals surface area (Å²) in [4.78, 5) is 52.0. The highest BCUT2D eigenvalue weighted by Gasteiger charge is 2.55. The van der Waals surface area contributed by atoms with Crippen LogP contribution < -0.4 is 10.6 Å². The summed E-state index contributed by atoms with van der Waals surface area (Å²) in [6.45, 7) is 8.82. The fourth-order valence-corrected chi connectivity index (χ4v) is 40.7. The Labute approximate surface area is 604 Å². The van der Waals surface area contributed by atoms with Gasteiger partial charge in [-0.3, -0.25) is 18.8 Å². The van der Waals surface area contributed by atoms with Crippen LogP contribution in [0, 0.1) is 35.1 Å². The minimum Gasteiger partial charge on any atom is -0.394 e. The highest BCUT2D eigenvalue weighted by atomic mass is 33.1. The van der Waals surface area contributed by atoms with E-state index in [9.17, 15) is 50.0 Å². The lowest BCUT2D eigenvalue weighted by atomic mass is 9.72. The zero-order valence-electron chi connectivity index (χ0n) is 53.5. The molecule has 4 aliphatic rings. The van der Waals surface area contributed by atoms with Crippen molar-refractivity contribution >= 4 is 189 Å². The monoisotopic (exact) mass is 1690 g/mol. The number of hydrogen-bond acceptors (Lipinski definition) is 16. The third kappa shape index (κ3) is 33.1. The molecule has 2 fully saturated rings. The molecule has 97 heavy (non-hydrogen) atoms. The lowest BCUT2D eigenvalue weighted by Gasteiger charge is -2.49. The van der Waals surface area contributed by atoms with E-state index in [-0.39, 0.29) is 89.1 Å². The number of alkyl halides is 2. The summed E-state index contributed by atoms with van der Waals surface area (Å²) in [6, 6.07) is 28.8. The summed E-state index contributed by atoms with van der Waals surface area (Å²) in [6.07, 6.45) is 6.48. The third-order valence-electron chi connectivity index (χ3n) is 13.9. The maximum absolute atomic E-state index is 14.9. The molecule has 4 aromatic carbocycles. The summed E-state index contributed by atoms with van der Waals surface area (Å²) in [5.74, 6) is -5.16. The predicted octanol–water partition coefficient (Wildman–Crippen LogP) is 15.7. The van der Waals surface area contributed by atoms with Crippen LogP contribution in [0.1, 0.15) is 65.5 Å². The van der Waals surface area contributed by atoms with E-state index in [0.717, 1.165) is 47.8 Å². The van der Waals surface area contributed by atoms with Crippen molar-refractivity contribution < 1.29 is 72.1 Å². The molecule has 5 aromatic rings. The van der Waals surface area contributed by atoms with Gasteiger partial charge in [0.25, 0.3) is 11.8 Å². The fourth-order valence-electron chi connectivity index (χ4n) is 9.36. The Morgan fingerprint density at radius 2 is 0.990 bits per heavy atom. The number of pyridine rings is 1. The largest absolute Gasteiger partial charge is 0.425 e. The molecule has 0 bridgehead atoms. The minimum absolute atomic E-state index is 0.0356. The number of thioether (sulfide) groups is 2. The first-order chi connectivity index (χ1) is 45.9. The number of benzene rings is 4. The molecule has 9 rings (SSSR count). The zero-order valence-corrected chi connectivity index (χ0v) is 71.6. The molecular weight excluding hydrogens is 1600 g/mol. The van der Waals surface area contributed by atoms with E-state index < -0.39 is 115 Å². The first-order valence-corrected chi connectivity index (χ1v) is 57.0. The summed E-state index contributed by atoms with van der Waals surface area (Å²) in [5, 5.41) is 13.8. The van der Waals surface area contributed by atoms with Crippen molar-refractivity contribution in [2.45, 2.75) is 67.4 Å². The van der Waals surface area contributed by atoms with E-state index in [0.29, 0.717) is 17.4 Å². The number of fused-ring (bicyclic) bond motifs is 2.